The zero-order valence-corrected chi connectivity index (χ0v) is 12.4. The summed E-state index contributed by atoms with van der Waals surface area (Å²) in [7, 11) is 1.98. The van der Waals surface area contributed by atoms with E-state index in [9.17, 15) is 0 Å². The minimum Gasteiger partial charge on any atom is -0.311 e. The lowest BCUT2D eigenvalue weighted by Crippen LogP contribution is -2.23. The molecule has 0 saturated heterocycles. The van der Waals surface area contributed by atoms with Gasteiger partial charge in [0.1, 0.15) is 0 Å². The molecule has 1 rings (SSSR count). The van der Waals surface area contributed by atoms with Crippen LogP contribution in [0.5, 0.6) is 0 Å². The molecule has 0 aliphatic heterocycles. The largest absolute Gasteiger partial charge is 0.311 e. The summed E-state index contributed by atoms with van der Waals surface area (Å²) >= 11 is 9.35. The molecule has 1 unspecified atom stereocenters. The van der Waals surface area contributed by atoms with Gasteiger partial charge in [-0.1, -0.05) is 13.8 Å². The summed E-state index contributed by atoms with van der Waals surface area (Å²) in [6.45, 7) is 6.00. The fraction of sp³-hybridized carbons (Fsp3) is 0.727. The number of hydrogen-bond donors (Lipinski definition) is 1. The third-order valence-corrected chi connectivity index (χ3v) is 3.99. The van der Waals surface area contributed by atoms with E-state index in [1.807, 2.05) is 11.7 Å². The van der Waals surface area contributed by atoms with Gasteiger partial charge in [0.05, 0.1) is 15.9 Å². The Bertz CT molecular complexity index is 338. The Morgan fingerprint density at radius 2 is 2.25 bits per heavy atom. The zero-order valence-electron chi connectivity index (χ0n) is 10.1. The van der Waals surface area contributed by atoms with Gasteiger partial charge in [-0.25, -0.2) is 0 Å². The highest BCUT2D eigenvalue weighted by atomic mass is 79.9. The second-order valence-corrected chi connectivity index (χ2v) is 5.18. The molecule has 16 heavy (non-hydrogen) atoms. The Hall–Kier alpha value is -0.0600. The van der Waals surface area contributed by atoms with Crippen LogP contribution in [0.25, 0.3) is 0 Å². The molecule has 1 aromatic rings. The van der Waals surface area contributed by atoms with Gasteiger partial charge in [-0.3, -0.25) is 4.68 Å². The molecular weight excluding hydrogens is 289 g/mol. The Balaban J connectivity index is 2.56. The molecule has 0 amide bonds. The Labute approximate surface area is 111 Å². The predicted octanol–water partition coefficient (Wildman–Crippen LogP) is 2.71. The Kier molecular flexibility index (Phi) is 5.79. The van der Waals surface area contributed by atoms with Crippen molar-refractivity contribution in [3.05, 3.63) is 15.9 Å². The predicted molar refractivity (Wildman–Crippen MR) is 71.9 cm³/mol. The summed E-state index contributed by atoms with van der Waals surface area (Å²) in [5, 5.41) is 7.85. The molecule has 0 spiro atoms. The van der Waals surface area contributed by atoms with Gasteiger partial charge in [0, 0.05) is 19.5 Å². The van der Waals surface area contributed by atoms with Gasteiger partial charge in [-0.15, -0.1) is 11.6 Å². The standard InChI is InChI=1S/C11H19BrClN3/c1-4-9-11(12)10(16(3)15-9)7-14-6-8(2)5-13/h8,14H,4-7H2,1-3H3. The molecule has 0 saturated carbocycles. The van der Waals surface area contributed by atoms with E-state index in [-0.39, 0.29) is 0 Å². The average Bonchev–Trinajstić information content (AvgIpc) is 2.55. The van der Waals surface area contributed by atoms with Crippen LogP contribution in [-0.4, -0.2) is 22.2 Å². The minimum atomic E-state index is 0.499. The molecule has 92 valence electrons. The molecule has 1 heterocycles. The number of alkyl halides is 1. The number of rotatable bonds is 6. The Morgan fingerprint density at radius 3 is 2.75 bits per heavy atom. The second kappa shape index (κ2) is 6.62. The highest BCUT2D eigenvalue weighted by Gasteiger charge is 2.11. The third kappa shape index (κ3) is 3.47. The maximum absolute atomic E-state index is 5.76. The second-order valence-electron chi connectivity index (χ2n) is 4.07. The first-order chi connectivity index (χ1) is 7.60. The highest BCUT2D eigenvalue weighted by Crippen LogP contribution is 2.21. The third-order valence-electron chi connectivity index (χ3n) is 2.55. The molecular formula is C11H19BrClN3. The lowest BCUT2D eigenvalue weighted by molar-refractivity contribution is 0.539. The van der Waals surface area contributed by atoms with Crippen LogP contribution in [0.4, 0.5) is 0 Å². The number of nitrogens with zero attached hydrogens (tertiary/aromatic N) is 2. The summed E-state index contributed by atoms with van der Waals surface area (Å²) in [4.78, 5) is 0. The van der Waals surface area contributed by atoms with Gasteiger partial charge in [0.2, 0.25) is 0 Å². The minimum absolute atomic E-state index is 0.499. The first kappa shape index (κ1) is 14.0. The molecule has 3 nitrogen and oxygen atoms in total. The number of nitrogens with one attached hydrogen (secondary N) is 1. The average molecular weight is 309 g/mol. The van der Waals surface area contributed by atoms with Crippen LogP contribution in [0.1, 0.15) is 25.2 Å². The van der Waals surface area contributed by atoms with Gasteiger partial charge in [-0.05, 0) is 34.8 Å². The van der Waals surface area contributed by atoms with E-state index in [0.29, 0.717) is 11.8 Å². The maximum atomic E-state index is 5.76. The van der Waals surface area contributed by atoms with Crippen molar-refractivity contribution in [3.63, 3.8) is 0 Å². The molecule has 0 aromatic carbocycles. The van der Waals surface area contributed by atoms with E-state index in [1.54, 1.807) is 0 Å². The van der Waals surface area contributed by atoms with Gasteiger partial charge < -0.3 is 5.32 Å². The summed E-state index contributed by atoms with van der Waals surface area (Å²) < 4.78 is 3.06. The number of aromatic nitrogens is 2. The van der Waals surface area contributed by atoms with Crippen LogP contribution in [-0.2, 0) is 20.0 Å². The first-order valence-corrected chi connectivity index (χ1v) is 6.89. The number of halogens is 2. The maximum Gasteiger partial charge on any atom is 0.0767 e. The van der Waals surface area contributed by atoms with Crippen LogP contribution in [0, 0.1) is 5.92 Å². The van der Waals surface area contributed by atoms with Gasteiger partial charge in [-0.2, -0.15) is 5.10 Å². The van der Waals surface area contributed by atoms with E-state index in [4.69, 9.17) is 11.6 Å². The molecule has 0 aliphatic carbocycles. The molecule has 0 bridgehead atoms. The highest BCUT2D eigenvalue weighted by molar-refractivity contribution is 9.10. The first-order valence-electron chi connectivity index (χ1n) is 5.57. The lowest BCUT2D eigenvalue weighted by atomic mass is 10.2. The molecule has 0 radical (unpaired) electrons. The van der Waals surface area contributed by atoms with Crippen molar-refractivity contribution in [2.45, 2.75) is 26.8 Å². The fourth-order valence-corrected chi connectivity index (χ4v) is 2.37. The summed E-state index contributed by atoms with van der Waals surface area (Å²) in [5.74, 6) is 1.19. The van der Waals surface area contributed by atoms with Crippen molar-refractivity contribution in [3.8, 4) is 0 Å². The molecule has 0 fully saturated rings. The van der Waals surface area contributed by atoms with Crippen LogP contribution in [0.2, 0.25) is 0 Å². The van der Waals surface area contributed by atoms with Crippen molar-refractivity contribution in [1.82, 2.24) is 15.1 Å². The lowest BCUT2D eigenvalue weighted by Gasteiger charge is -2.09. The van der Waals surface area contributed by atoms with Crippen molar-refractivity contribution >= 4 is 27.5 Å². The number of hydrogen-bond acceptors (Lipinski definition) is 2. The summed E-state index contributed by atoms with van der Waals surface area (Å²) in [6, 6.07) is 0. The van der Waals surface area contributed by atoms with Gasteiger partial charge >= 0.3 is 0 Å². The monoisotopic (exact) mass is 307 g/mol. The van der Waals surface area contributed by atoms with Crippen LogP contribution in [0.3, 0.4) is 0 Å². The topological polar surface area (TPSA) is 29.9 Å². The normalized spacial score (nSPS) is 13.1. The van der Waals surface area contributed by atoms with E-state index < -0.39 is 0 Å². The molecule has 0 aliphatic rings. The zero-order chi connectivity index (χ0) is 12.1. The molecule has 1 atom stereocenters. The summed E-state index contributed by atoms with van der Waals surface area (Å²) in [6.07, 6.45) is 0.951. The van der Waals surface area contributed by atoms with E-state index in [0.717, 1.165) is 29.7 Å². The van der Waals surface area contributed by atoms with E-state index >= 15 is 0 Å². The smallest absolute Gasteiger partial charge is 0.0767 e. The molecule has 5 heteroatoms. The van der Waals surface area contributed by atoms with Crippen molar-refractivity contribution in [1.29, 1.82) is 0 Å². The number of aryl methyl sites for hydroxylation is 2. The van der Waals surface area contributed by atoms with Crippen LogP contribution < -0.4 is 5.32 Å². The van der Waals surface area contributed by atoms with Crippen molar-refractivity contribution in [2.24, 2.45) is 13.0 Å². The summed E-state index contributed by atoms with van der Waals surface area (Å²) in [5.41, 5.74) is 2.31. The SMILES string of the molecule is CCc1nn(C)c(CNCC(C)CCl)c1Br. The fourth-order valence-electron chi connectivity index (χ4n) is 1.50. The van der Waals surface area contributed by atoms with Crippen LogP contribution in [0.15, 0.2) is 4.47 Å². The van der Waals surface area contributed by atoms with Crippen LogP contribution >= 0.6 is 27.5 Å². The Morgan fingerprint density at radius 1 is 1.56 bits per heavy atom. The van der Waals surface area contributed by atoms with E-state index in [1.165, 1.54) is 5.69 Å². The van der Waals surface area contributed by atoms with E-state index in [2.05, 4.69) is 40.2 Å². The van der Waals surface area contributed by atoms with Gasteiger partial charge in [0.25, 0.3) is 0 Å². The van der Waals surface area contributed by atoms with Crippen molar-refractivity contribution < 1.29 is 0 Å². The quantitative estimate of drug-likeness (QED) is 0.819. The van der Waals surface area contributed by atoms with Gasteiger partial charge in [0.15, 0.2) is 0 Å². The van der Waals surface area contributed by atoms with Crippen molar-refractivity contribution in [2.75, 3.05) is 12.4 Å². The molecule has 1 aromatic heterocycles. The molecule has 1 N–H and O–H groups in total.